The van der Waals surface area contributed by atoms with Crippen LogP contribution in [0.3, 0.4) is 0 Å². The number of phenols is 1. The molecule has 1 unspecified atom stereocenters. The average molecular weight is 270 g/mol. The van der Waals surface area contributed by atoms with Gasteiger partial charge < -0.3 is 14.6 Å². The lowest BCUT2D eigenvalue weighted by molar-refractivity contribution is -0.127. The molecule has 2 aromatic rings. The van der Waals surface area contributed by atoms with E-state index in [-0.39, 0.29) is 24.6 Å². The van der Waals surface area contributed by atoms with Gasteiger partial charge in [0.2, 0.25) is 0 Å². The van der Waals surface area contributed by atoms with Crippen molar-refractivity contribution in [1.82, 2.24) is 0 Å². The number of rotatable bonds is 3. The maximum absolute atomic E-state index is 12.2. The van der Waals surface area contributed by atoms with Crippen LogP contribution in [0.25, 0.3) is 0 Å². The van der Waals surface area contributed by atoms with Gasteiger partial charge in [-0.2, -0.15) is 0 Å². The Bertz CT molecular complexity index is 619. The molecule has 0 saturated carbocycles. The Morgan fingerprint density at radius 2 is 1.80 bits per heavy atom. The first-order chi connectivity index (χ1) is 9.72. The van der Waals surface area contributed by atoms with Crippen molar-refractivity contribution in [1.29, 1.82) is 0 Å². The Hall–Kier alpha value is -2.49. The highest BCUT2D eigenvalue weighted by molar-refractivity contribution is 5.86. The van der Waals surface area contributed by atoms with Crippen LogP contribution in [0, 0.1) is 0 Å². The monoisotopic (exact) mass is 270 g/mol. The molecule has 4 heteroatoms. The van der Waals surface area contributed by atoms with Gasteiger partial charge in [-0.15, -0.1) is 0 Å². The number of hydrogen-bond donors (Lipinski definition) is 1. The molecule has 1 aliphatic heterocycles. The van der Waals surface area contributed by atoms with E-state index in [9.17, 15) is 9.90 Å². The van der Waals surface area contributed by atoms with E-state index in [1.807, 2.05) is 18.2 Å². The maximum Gasteiger partial charge on any atom is 0.191 e. The summed E-state index contributed by atoms with van der Waals surface area (Å²) in [7, 11) is 0. The number of ketones is 1. The van der Waals surface area contributed by atoms with Crippen LogP contribution in [0.4, 0.5) is 0 Å². The predicted molar refractivity (Wildman–Crippen MR) is 73.2 cm³/mol. The van der Waals surface area contributed by atoms with Gasteiger partial charge >= 0.3 is 0 Å². The second kappa shape index (κ2) is 5.25. The minimum absolute atomic E-state index is 0.0369. The van der Waals surface area contributed by atoms with Gasteiger partial charge in [0.05, 0.1) is 0 Å². The number of Topliss-reactive ketones (excluding diaryl/α,β-unsaturated/α-hetero) is 1. The third-order valence-corrected chi connectivity index (χ3v) is 3.18. The van der Waals surface area contributed by atoms with Gasteiger partial charge in [-0.05, 0) is 29.8 Å². The van der Waals surface area contributed by atoms with E-state index in [0.29, 0.717) is 11.5 Å². The summed E-state index contributed by atoms with van der Waals surface area (Å²) in [5.41, 5.74) is 0.843. The first-order valence-electron chi connectivity index (χ1n) is 6.41. The predicted octanol–water partition coefficient (Wildman–Crippen LogP) is 2.34. The van der Waals surface area contributed by atoms with E-state index in [4.69, 9.17) is 9.47 Å². The largest absolute Gasteiger partial charge is 0.508 e. The van der Waals surface area contributed by atoms with Crippen LogP contribution in [0.15, 0.2) is 48.5 Å². The van der Waals surface area contributed by atoms with Gasteiger partial charge in [0, 0.05) is 6.42 Å². The summed E-state index contributed by atoms with van der Waals surface area (Å²) in [6, 6.07) is 13.9. The summed E-state index contributed by atoms with van der Waals surface area (Å²) in [5.74, 6) is 1.42. The third-order valence-electron chi connectivity index (χ3n) is 3.18. The molecule has 0 fully saturated rings. The van der Waals surface area contributed by atoms with Gasteiger partial charge in [-0.3, -0.25) is 4.79 Å². The number of carbonyl (C=O) groups excluding carboxylic acids is 1. The molecule has 1 atom stereocenters. The van der Waals surface area contributed by atoms with E-state index >= 15 is 0 Å². The smallest absolute Gasteiger partial charge is 0.191 e. The highest BCUT2D eigenvalue weighted by Crippen LogP contribution is 2.31. The van der Waals surface area contributed by atoms with Gasteiger partial charge in [0.1, 0.15) is 12.4 Å². The molecular formula is C16H14O4. The zero-order chi connectivity index (χ0) is 13.9. The number of benzene rings is 2. The molecule has 20 heavy (non-hydrogen) atoms. The number of aromatic hydroxyl groups is 1. The third kappa shape index (κ3) is 2.59. The molecule has 0 amide bonds. The van der Waals surface area contributed by atoms with Gasteiger partial charge in [-0.25, -0.2) is 0 Å². The van der Waals surface area contributed by atoms with Gasteiger partial charge in [-0.1, -0.05) is 24.3 Å². The minimum Gasteiger partial charge on any atom is -0.508 e. The van der Waals surface area contributed by atoms with Crippen LogP contribution in [-0.2, 0) is 11.2 Å². The van der Waals surface area contributed by atoms with Crippen molar-refractivity contribution < 1.29 is 19.4 Å². The molecule has 0 saturated heterocycles. The van der Waals surface area contributed by atoms with Crippen LogP contribution < -0.4 is 9.47 Å². The fraction of sp³-hybridized carbons (Fsp3) is 0.188. The lowest BCUT2D eigenvalue weighted by Crippen LogP contribution is -2.37. The van der Waals surface area contributed by atoms with Crippen molar-refractivity contribution in [2.75, 3.05) is 6.61 Å². The van der Waals surface area contributed by atoms with Crippen molar-refractivity contribution in [3.8, 4) is 17.2 Å². The first kappa shape index (κ1) is 12.5. The van der Waals surface area contributed by atoms with Crippen molar-refractivity contribution in [3.63, 3.8) is 0 Å². The normalized spacial score (nSPS) is 16.7. The summed E-state index contributed by atoms with van der Waals surface area (Å²) in [6.07, 6.45) is -0.324. The molecule has 1 aliphatic rings. The first-order valence-corrected chi connectivity index (χ1v) is 6.41. The van der Waals surface area contributed by atoms with Crippen LogP contribution in [0.1, 0.15) is 5.56 Å². The van der Waals surface area contributed by atoms with Gasteiger partial charge in [0.25, 0.3) is 0 Å². The number of phenolic OH excluding ortho intramolecular Hbond substituents is 1. The molecule has 0 radical (unpaired) electrons. The number of ether oxygens (including phenoxy) is 2. The van der Waals surface area contributed by atoms with Crippen LogP contribution in [-0.4, -0.2) is 23.6 Å². The summed E-state index contributed by atoms with van der Waals surface area (Å²) in [5, 5.41) is 9.22. The van der Waals surface area contributed by atoms with Crippen molar-refractivity contribution in [2.45, 2.75) is 12.5 Å². The zero-order valence-electron chi connectivity index (χ0n) is 10.8. The van der Waals surface area contributed by atoms with E-state index in [1.54, 1.807) is 30.3 Å². The van der Waals surface area contributed by atoms with E-state index in [1.165, 1.54) is 0 Å². The van der Waals surface area contributed by atoms with Crippen LogP contribution >= 0.6 is 0 Å². The van der Waals surface area contributed by atoms with Crippen LogP contribution in [0.5, 0.6) is 17.2 Å². The summed E-state index contributed by atoms with van der Waals surface area (Å²) >= 11 is 0. The SMILES string of the molecule is O=C(Cc1ccc(O)cc1)C1COc2ccccc2O1. The molecule has 0 aliphatic carbocycles. The molecule has 102 valence electrons. The number of para-hydroxylation sites is 2. The second-order valence-electron chi connectivity index (χ2n) is 4.67. The fourth-order valence-corrected chi connectivity index (χ4v) is 2.11. The van der Waals surface area contributed by atoms with Crippen LogP contribution in [0.2, 0.25) is 0 Å². The summed E-state index contributed by atoms with van der Waals surface area (Å²) < 4.78 is 11.2. The molecule has 1 heterocycles. The Morgan fingerprint density at radius 3 is 2.55 bits per heavy atom. The van der Waals surface area contributed by atoms with Crippen molar-refractivity contribution >= 4 is 5.78 Å². The number of fused-ring (bicyclic) bond motifs is 1. The van der Waals surface area contributed by atoms with Gasteiger partial charge in [0.15, 0.2) is 23.4 Å². The lowest BCUT2D eigenvalue weighted by Gasteiger charge is -2.25. The molecule has 4 nitrogen and oxygen atoms in total. The molecule has 0 spiro atoms. The Kier molecular flexibility index (Phi) is 3.29. The minimum atomic E-state index is -0.585. The Balaban J connectivity index is 1.68. The molecule has 3 rings (SSSR count). The Morgan fingerprint density at radius 1 is 1.10 bits per heavy atom. The van der Waals surface area contributed by atoms with E-state index < -0.39 is 6.10 Å². The maximum atomic E-state index is 12.2. The van der Waals surface area contributed by atoms with E-state index in [0.717, 1.165) is 5.56 Å². The molecule has 0 aromatic heterocycles. The second-order valence-corrected chi connectivity index (χ2v) is 4.67. The lowest BCUT2D eigenvalue weighted by atomic mass is 10.1. The number of hydrogen-bond acceptors (Lipinski definition) is 4. The van der Waals surface area contributed by atoms with Crippen molar-refractivity contribution in [2.24, 2.45) is 0 Å². The molecular weight excluding hydrogens is 256 g/mol. The van der Waals surface area contributed by atoms with Crippen molar-refractivity contribution in [3.05, 3.63) is 54.1 Å². The zero-order valence-corrected chi connectivity index (χ0v) is 10.8. The number of carbonyl (C=O) groups is 1. The molecule has 0 bridgehead atoms. The Labute approximate surface area is 116 Å². The fourth-order valence-electron chi connectivity index (χ4n) is 2.11. The molecule has 2 aromatic carbocycles. The highest BCUT2D eigenvalue weighted by Gasteiger charge is 2.26. The highest BCUT2D eigenvalue weighted by atomic mass is 16.6. The summed E-state index contributed by atoms with van der Waals surface area (Å²) in [4.78, 5) is 12.2. The standard InChI is InChI=1S/C16H14O4/c17-12-7-5-11(6-8-12)9-13(18)16-10-19-14-3-1-2-4-15(14)20-16/h1-8,16-17H,9-10H2. The van der Waals surface area contributed by atoms with E-state index in [2.05, 4.69) is 0 Å². The average Bonchev–Trinajstić information content (AvgIpc) is 2.49. The quantitative estimate of drug-likeness (QED) is 0.930. The topological polar surface area (TPSA) is 55.8 Å². The summed E-state index contributed by atoms with van der Waals surface area (Å²) in [6.45, 7) is 0.230. The molecule has 1 N–H and O–H groups in total.